The lowest BCUT2D eigenvalue weighted by molar-refractivity contribution is -0.339. The Morgan fingerprint density at radius 2 is 1.00 bits per heavy atom. The summed E-state index contributed by atoms with van der Waals surface area (Å²) in [6.45, 7) is 0. The van der Waals surface area contributed by atoms with Crippen molar-refractivity contribution in [2.75, 3.05) is 0 Å². The van der Waals surface area contributed by atoms with Gasteiger partial charge in [-0.05, 0) is 66.8 Å². The Labute approximate surface area is 185 Å². The second-order valence-electron chi connectivity index (χ2n) is 7.85. The van der Waals surface area contributed by atoms with E-state index in [0.717, 1.165) is 23.2 Å². The van der Waals surface area contributed by atoms with E-state index in [9.17, 15) is 30.7 Å². The van der Waals surface area contributed by atoms with E-state index in [1.54, 1.807) is 24.3 Å². The van der Waals surface area contributed by atoms with Crippen LogP contribution < -0.4 is 21.4 Å². The van der Waals surface area contributed by atoms with Gasteiger partial charge in [-0.25, -0.2) is 0 Å². The van der Waals surface area contributed by atoms with Crippen molar-refractivity contribution in [2.24, 2.45) is 0 Å². The average molecular weight is 480 g/mol. The summed E-state index contributed by atoms with van der Waals surface area (Å²) < 4.78 is 97.0. The van der Waals surface area contributed by atoms with Crippen molar-refractivity contribution in [2.45, 2.75) is 18.0 Å². The highest BCUT2D eigenvalue weighted by Gasteiger charge is 2.74. The second kappa shape index (κ2) is 7.31. The molecule has 176 valence electrons. The van der Waals surface area contributed by atoms with Crippen molar-refractivity contribution in [3.05, 3.63) is 92.7 Å². The fraction of sp³-hybridized carbons (Fsp3) is 0.130. The highest BCUT2D eigenvalue weighted by molar-refractivity contribution is 5.70. The average Bonchev–Trinajstić information content (AvgIpc) is 3.52. The highest BCUT2D eigenvalue weighted by atomic mass is 19.4. The third kappa shape index (κ3) is 3.57. The lowest BCUT2D eigenvalue weighted by Crippen LogP contribution is -2.53. The molecule has 1 aliphatic rings. The molecule has 5 rings (SSSR count). The molecule has 0 saturated carbocycles. The molecule has 0 aromatic carbocycles. The Kier molecular flexibility index (Phi) is 4.71. The summed E-state index contributed by atoms with van der Waals surface area (Å²) in [5, 5.41) is 0.922. The molecule has 0 spiro atoms. The number of aromatic amines is 4. The first-order valence-electron chi connectivity index (χ1n) is 9.95. The van der Waals surface area contributed by atoms with Crippen molar-refractivity contribution in [3.63, 3.8) is 0 Å². The van der Waals surface area contributed by atoms with Gasteiger partial charge in [0.2, 0.25) is 0 Å². The Morgan fingerprint density at radius 1 is 0.500 bits per heavy atom. The number of halogens is 7. The maximum atomic E-state index is 15.0. The van der Waals surface area contributed by atoms with Gasteiger partial charge in [-0.3, -0.25) is 0 Å². The minimum atomic E-state index is -6.47. The molecule has 4 aromatic heterocycles. The molecule has 1 aliphatic heterocycles. The van der Waals surface area contributed by atoms with Crippen molar-refractivity contribution >= 4 is 23.8 Å². The summed E-state index contributed by atoms with van der Waals surface area (Å²) in [5.41, 5.74) is -0.583. The van der Waals surface area contributed by atoms with Crippen molar-refractivity contribution < 1.29 is 30.7 Å². The van der Waals surface area contributed by atoms with Crippen LogP contribution in [-0.2, 0) is 0 Å². The largest absolute Gasteiger partial charge is 0.460 e. The number of rotatable bonds is 2. The van der Waals surface area contributed by atoms with E-state index in [4.69, 9.17) is 0 Å². The molecular weight excluding hydrogens is 465 g/mol. The molecule has 5 heterocycles. The summed E-state index contributed by atoms with van der Waals surface area (Å²) in [5.74, 6) is -11.9. The zero-order valence-electron chi connectivity index (χ0n) is 17.0. The van der Waals surface area contributed by atoms with E-state index in [-0.39, 0.29) is 11.0 Å². The molecule has 4 N–H and O–H groups in total. The fourth-order valence-corrected chi connectivity index (χ4v) is 3.80. The number of H-pyrrole nitrogens is 4. The molecule has 0 atom stereocenters. The number of nitrogens with one attached hydrogen (secondary N) is 4. The molecule has 0 unspecified atom stereocenters. The van der Waals surface area contributed by atoms with Crippen LogP contribution in [0.5, 0.6) is 0 Å². The van der Waals surface area contributed by atoms with Crippen LogP contribution in [-0.4, -0.2) is 38.0 Å². The third-order valence-electron chi connectivity index (χ3n) is 5.42. The van der Waals surface area contributed by atoms with Gasteiger partial charge in [0.25, 0.3) is 0 Å². The number of aromatic nitrogens is 4. The van der Waals surface area contributed by atoms with Gasteiger partial charge in [-0.1, -0.05) is 0 Å². The van der Waals surface area contributed by atoms with Gasteiger partial charge in [-0.15, -0.1) is 0 Å². The molecule has 0 amide bonds. The Bertz CT molecular complexity index is 1610. The minimum Gasteiger partial charge on any atom is -0.355 e. The molecule has 11 heteroatoms. The van der Waals surface area contributed by atoms with Gasteiger partial charge < -0.3 is 19.9 Å². The standard InChI is InChI=1S/C23H15F7N4/c24-21(25,22(26,27)23(28,29)30)20-18-7-5-16(33-18)10-14-3-1-12(31-14)9-13-2-4-15(32-13)11-17-6-8-19(20)34-17/h1-11,31-34H/b12-9-,13-9?,14-10-,15-11?,16-10?,17-11-,20-18?,20-19+. The molecule has 4 nitrogen and oxygen atoms in total. The van der Waals surface area contributed by atoms with Crippen molar-refractivity contribution in [1.82, 2.24) is 19.9 Å². The summed E-state index contributed by atoms with van der Waals surface area (Å²) in [4.78, 5) is 11.2. The molecule has 0 radical (unpaired) electrons. The molecule has 0 saturated heterocycles. The SMILES string of the molecule is FC(F)(F)C(F)(F)C(F)(F)/C1=c2\cc/c([nH]2)=C/c2ccc([nH]2)/C=c2/cc/c([nH]2)=C/c2ccc1[nH]2. The van der Waals surface area contributed by atoms with Crippen LogP contribution >= 0.6 is 0 Å². The van der Waals surface area contributed by atoms with Gasteiger partial charge in [-0.2, -0.15) is 30.7 Å². The third-order valence-corrected chi connectivity index (χ3v) is 5.42. The number of hydrogen-bond acceptors (Lipinski definition) is 0. The second-order valence-corrected chi connectivity index (χ2v) is 7.85. The zero-order valence-corrected chi connectivity index (χ0v) is 17.0. The summed E-state index contributed by atoms with van der Waals surface area (Å²) in [6, 6.07) is 11.6. The maximum Gasteiger partial charge on any atom is 0.460 e. The Balaban J connectivity index is 1.83. The molecular formula is C23H15F7N4. The van der Waals surface area contributed by atoms with Crippen LogP contribution in [0.4, 0.5) is 30.7 Å². The normalized spacial score (nSPS) is 19.0. The molecule has 34 heavy (non-hydrogen) atoms. The first-order chi connectivity index (χ1) is 15.9. The lowest BCUT2D eigenvalue weighted by Gasteiger charge is -2.29. The first-order valence-corrected chi connectivity index (χ1v) is 9.95. The van der Waals surface area contributed by atoms with E-state index < -0.39 is 34.6 Å². The van der Waals surface area contributed by atoms with Gasteiger partial charge in [0.05, 0.1) is 16.6 Å². The van der Waals surface area contributed by atoms with Crippen LogP contribution in [0.1, 0.15) is 22.8 Å². The Hall–Kier alpha value is -3.89. The van der Waals surface area contributed by atoms with Gasteiger partial charge in [0, 0.05) is 33.1 Å². The monoisotopic (exact) mass is 480 g/mol. The van der Waals surface area contributed by atoms with Gasteiger partial charge in [0.1, 0.15) is 0 Å². The summed E-state index contributed by atoms with van der Waals surface area (Å²) in [6.07, 6.45) is -1.61. The molecule has 0 fully saturated rings. The number of alkyl halides is 7. The topological polar surface area (TPSA) is 63.2 Å². The molecule has 8 bridgehead atoms. The van der Waals surface area contributed by atoms with Gasteiger partial charge in [0.15, 0.2) is 0 Å². The fourth-order valence-electron chi connectivity index (χ4n) is 3.80. The van der Waals surface area contributed by atoms with E-state index in [0.29, 0.717) is 11.0 Å². The summed E-state index contributed by atoms with van der Waals surface area (Å²) >= 11 is 0. The van der Waals surface area contributed by atoms with Gasteiger partial charge >= 0.3 is 18.0 Å². The molecule has 0 aliphatic carbocycles. The van der Waals surface area contributed by atoms with E-state index >= 15 is 0 Å². The van der Waals surface area contributed by atoms with Crippen LogP contribution in [0.3, 0.4) is 0 Å². The van der Waals surface area contributed by atoms with Crippen LogP contribution in [0.15, 0.2) is 48.5 Å². The summed E-state index contributed by atoms with van der Waals surface area (Å²) in [7, 11) is 0. The first kappa shape index (κ1) is 21.9. The van der Waals surface area contributed by atoms with Crippen molar-refractivity contribution in [1.29, 1.82) is 0 Å². The Morgan fingerprint density at radius 3 is 1.59 bits per heavy atom. The zero-order chi connectivity index (χ0) is 24.3. The van der Waals surface area contributed by atoms with E-state index in [2.05, 4.69) is 19.9 Å². The molecule has 4 aromatic rings. The quantitative estimate of drug-likeness (QED) is 0.319. The lowest BCUT2D eigenvalue weighted by atomic mass is 9.98. The number of fused-ring (bicyclic) bond motifs is 8. The number of hydrogen-bond donors (Lipinski definition) is 4. The van der Waals surface area contributed by atoms with Crippen LogP contribution in [0, 0.1) is 0 Å². The van der Waals surface area contributed by atoms with Crippen molar-refractivity contribution in [3.8, 4) is 0 Å². The van der Waals surface area contributed by atoms with Crippen LogP contribution in [0.25, 0.3) is 23.8 Å². The van der Waals surface area contributed by atoms with Crippen LogP contribution in [0.2, 0.25) is 0 Å². The van der Waals surface area contributed by atoms with E-state index in [1.165, 1.54) is 24.3 Å². The minimum absolute atomic E-state index is 0.222. The van der Waals surface area contributed by atoms with E-state index in [1.807, 2.05) is 6.08 Å². The highest BCUT2D eigenvalue weighted by Crippen LogP contribution is 2.51. The predicted octanol–water partition coefficient (Wildman–Crippen LogP) is 2.83. The smallest absolute Gasteiger partial charge is 0.355 e. The predicted molar refractivity (Wildman–Crippen MR) is 111 cm³/mol. The maximum absolute atomic E-state index is 15.0.